The van der Waals surface area contributed by atoms with E-state index in [0.29, 0.717) is 30.5 Å². The zero-order chi connectivity index (χ0) is 39.6. The van der Waals surface area contributed by atoms with Crippen LogP contribution in [0.25, 0.3) is 0 Å². The molecule has 7 rings (SSSR count). The zero-order valence-electron chi connectivity index (χ0n) is 33.1. The van der Waals surface area contributed by atoms with E-state index in [-0.39, 0.29) is 71.5 Å². The molecule has 3 aromatic carbocycles. The third-order valence-electron chi connectivity index (χ3n) is 13.9. The van der Waals surface area contributed by atoms with Gasteiger partial charge in [-0.2, -0.15) is 0 Å². The maximum absolute atomic E-state index is 15.3. The molecule has 3 aromatic rings. The second-order valence-corrected chi connectivity index (χ2v) is 16.9. The first kappa shape index (κ1) is 40.1. The van der Waals surface area contributed by atoms with Crippen LogP contribution in [0.15, 0.2) is 54.6 Å². The Morgan fingerprint density at radius 1 is 0.982 bits per heavy atom. The minimum atomic E-state index is -1.01. The number of unbranched alkanes of at least 4 members (excludes halogenated alkanes) is 2. The highest BCUT2D eigenvalue weighted by molar-refractivity contribution is 5.83. The smallest absolute Gasteiger partial charge is 0.160 e. The quantitative estimate of drug-likeness (QED) is 0.0666. The number of piperidine rings is 1. The number of methoxy groups -OCH3 is 1. The Bertz CT molecular complexity index is 1920. The number of aromatic hydroxyl groups is 3. The molecule has 3 aliphatic carbocycles. The fraction of sp³-hybridized carbons (Fsp3) is 0.553. The van der Waals surface area contributed by atoms with Crippen molar-refractivity contribution in [2.75, 3.05) is 27.2 Å². The average molecular weight is 765 g/mol. The molecule has 4 aliphatic rings. The number of fused-ring (bicyclic) bond motifs is 2. The summed E-state index contributed by atoms with van der Waals surface area (Å²) >= 11 is 0. The number of likely N-dealkylation sites (N-methyl/N-ethyl adjacent to an activating group) is 1. The molecule has 1 saturated heterocycles. The molecule has 0 amide bonds. The van der Waals surface area contributed by atoms with Crippen molar-refractivity contribution < 1.29 is 35.1 Å². The van der Waals surface area contributed by atoms with Crippen LogP contribution in [0.2, 0.25) is 0 Å². The number of hydrogen-bond acceptors (Lipinski definition) is 9. The van der Waals surface area contributed by atoms with Crippen LogP contribution in [0.1, 0.15) is 104 Å². The highest BCUT2D eigenvalue weighted by Crippen LogP contribution is 2.62. The predicted octanol–water partition coefficient (Wildman–Crippen LogP) is 6.43. The molecular weight excluding hydrogens is 705 g/mol. The zero-order valence-corrected chi connectivity index (χ0v) is 33.1. The van der Waals surface area contributed by atoms with Crippen molar-refractivity contribution in [3.8, 4) is 34.8 Å². The van der Waals surface area contributed by atoms with Gasteiger partial charge in [0.25, 0.3) is 0 Å². The second kappa shape index (κ2) is 17.2. The molecule has 9 nitrogen and oxygen atoms in total. The number of rotatable bonds is 11. The van der Waals surface area contributed by atoms with Crippen LogP contribution < -0.4 is 15.4 Å². The number of ketones is 1. The van der Waals surface area contributed by atoms with Crippen molar-refractivity contribution in [1.29, 1.82) is 0 Å². The third kappa shape index (κ3) is 7.30. The SMILES string of the molecule is CCCCC[C@H]1C(=O)C[C@@H](c2cc(OC)c(O)cc2CO)[C@H](Cc2ccccc2)C#C[C@@H]2CN[C@H]3CCC[C@@H]4C[C@@H](CNC)c5cc(O)c(O)cc5[C@]43[C@@H]2[C@H]1O. The molecule has 1 spiro atoms. The minimum absolute atomic E-state index is 0.00375. The fourth-order valence-corrected chi connectivity index (χ4v) is 11.5. The van der Waals surface area contributed by atoms with E-state index in [1.54, 1.807) is 18.2 Å². The van der Waals surface area contributed by atoms with Gasteiger partial charge in [0.15, 0.2) is 23.0 Å². The Balaban J connectivity index is 1.46. The molecular formula is C47H60N2O7. The highest BCUT2D eigenvalue weighted by atomic mass is 16.5. The van der Waals surface area contributed by atoms with Gasteiger partial charge in [-0.3, -0.25) is 4.79 Å². The number of phenolic OH excluding ortho intramolecular Hbond substituents is 3. The van der Waals surface area contributed by atoms with Crippen LogP contribution in [0.5, 0.6) is 23.0 Å². The number of phenols is 3. The molecule has 9 heteroatoms. The van der Waals surface area contributed by atoms with Crippen LogP contribution >= 0.6 is 0 Å². The Morgan fingerprint density at radius 2 is 1.77 bits per heavy atom. The van der Waals surface area contributed by atoms with Crippen molar-refractivity contribution in [1.82, 2.24) is 10.6 Å². The summed E-state index contributed by atoms with van der Waals surface area (Å²) in [4.78, 5) is 15.3. The lowest BCUT2D eigenvalue weighted by Gasteiger charge is -2.63. The van der Waals surface area contributed by atoms with Crippen molar-refractivity contribution in [2.24, 2.45) is 29.6 Å². The number of carbonyl (C=O) groups is 1. The number of aliphatic hydroxyl groups excluding tert-OH is 2. The second-order valence-electron chi connectivity index (χ2n) is 16.9. The normalized spacial score (nSPS) is 31.2. The van der Waals surface area contributed by atoms with Crippen LogP contribution in [0, 0.1) is 41.4 Å². The number of carbonyl (C=O) groups excluding carboxylic acids is 1. The van der Waals surface area contributed by atoms with Crippen LogP contribution in [0.4, 0.5) is 0 Å². The molecule has 1 heterocycles. The number of ether oxygens (including phenoxy) is 1. The standard InChI is InChI=1S/C47H60N2O7/c1-4-5-7-14-34-39(51)21-35(36-23-43(56-3)42(54)20-32(36)27-50)29(18-28-11-8-6-9-12-28)16-17-30-26-49-44-15-10-13-33-19-31(25-48-2)37-22-40(52)41(53)24-38(37)47(33,44)45(30)46(34)55/h6,8-9,11-12,20,22-24,29-31,33-35,44-46,48-50,52-55H,4-5,7,10,13-15,18-19,21,25-27H2,1-3H3/t29-,30+,31-,33+,34-,35+,44-,45-,46-,47+/m0/s1. The highest BCUT2D eigenvalue weighted by Gasteiger charge is 2.63. The Morgan fingerprint density at radius 3 is 2.50 bits per heavy atom. The van der Waals surface area contributed by atoms with Crippen molar-refractivity contribution >= 4 is 5.78 Å². The summed E-state index contributed by atoms with van der Waals surface area (Å²) in [6.07, 6.45) is 6.67. The van der Waals surface area contributed by atoms with Gasteiger partial charge in [-0.15, -0.1) is 0 Å². The Hall–Kier alpha value is -4.07. The van der Waals surface area contributed by atoms with E-state index in [0.717, 1.165) is 68.2 Å². The third-order valence-corrected chi connectivity index (χ3v) is 13.9. The van der Waals surface area contributed by atoms with Gasteiger partial charge in [-0.1, -0.05) is 74.8 Å². The molecule has 1 aliphatic heterocycles. The summed E-state index contributed by atoms with van der Waals surface area (Å²) in [5.41, 5.74) is 3.63. The van der Waals surface area contributed by atoms with Gasteiger partial charge >= 0.3 is 0 Å². The van der Waals surface area contributed by atoms with E-state index in [1.807, 2.05) is 25.2 Å². The first-order valence-electron chi connectivity index (χ1n) is 20.9. The summed E-state index contributed by atoms with van der Waals surface area (Å²) in [6, 6.07) is 16.9. The molecule has 2 fully saturated rings. The summed E-state index contributed by atoms with van der Waals surface area (Å²) in [5, 5.41) is 63.9. The lowest BCUT2D eigenvalue weighted by molar-refractivity contribution is -0.135. The number of Topliss-reactive ketones (excluding diaryl/α,β-unsaturated/α-hetero) is 1. The number of benzene rings is 3. The first-order valence-corrected chi connectivity index (χ1v) is 20.9. The molecule has 0 unspecified atom stereocenters. The predicted molar refractivity (Wildman–Crippen MR) is 217 cm³/mol. The number of hydrogen-bond donors (Lipinski definition) is 7. The molecule has 56 heavy (non-hydrogen) atoms. The molecule has 0 radical (unpaired) electrons. The Kier molecular flexibility index (Phi) is 12.3. The van der Waals surface area contributed by atoms with Gasteiger partial charge in [0.1, 0.15) is 5.78 Å². The molecule has 7 N–H and O–H groups in total. The molecule has 1 saturated carbocycles. The van der Waals surface area contributed by atoms with E-state index >= 15 is 4.79 Å². The minimum Gasteiger partial charge on any atom is -0.504 e. The van der Waals surface area contributed by atoms with Gasteiger partial charge in [0.2, 0.25) is 0 Å². The van der Waals surface area contributed by atoms with Crippen LogP contribution in [-0.2, 0) is 23.2 Å². The molecule has 0 bridgehead atoms. The Labute approximate surface area is 331 Å². The van der Waals surface area contributed by atoms with Gasteiger partial charge in [-0.25, -0.2) is 0 Å². The van der Waals surface area contributed by atoms with Crippen molar-refractivity contribution in [3.05, 3.63) is 82.4 Å². The van der Waals surface area contributed by atoms with E-state index < -0.39 is 29.3 Å². The maximum Gasteiger partial charge on any atom is 0.160 e. The van der Waals surface area contributed by atoms with E-state index in [9.17, 15) is 25.5 Å². The average Bonchev–Trinajstić information content (AvgIpc) is 3.20. The lowest BCUT2D eigenvalue weighted by Crippen LogP contribution is -2.70. The summed E-state index contributed by atoms with van der Waals surface area (Å²) in [6.45, 7) is 3.08. The summed E-state index contributed by atoms with van der Waals surface area (Å²) in [7, 11) is 3.43. The summed E-state index contributed by atoms with van der Waals surface area (Å²) < 4.78 is 5.56. The monoisotopic (exact) mass is 764 g/mol. The van der Waals surface area contributed by atoms with E-state index in [4.69, 9.17) is 4.74 Å². The molecule has 0 aromatic heterocycles. The summed E-state index contributed by atoms with van der Waals surface area (Å²) in [5.74, 6) is 5.43. The van der Waals surface area contributed by atoms with E-state index in [2.05, 4.69) is 41.5 Å². The van der Waals surface area contributed by atoms with E-state index in [1.165, 1.54) is 13.2 Å². The van der Waals surface area contributed by atoms with Crippen molar-refractivity contribution in [3.63, 3.8) is 0 Å². The first-order chi connectivity index (χ1) is 27.2. The van der Waals surface area contributed by atoms with Crippen LogP contribution in [0.3, 0.4) is 0 Å². The molecule has 300 valence electrons. The van der Waals surface area contributed by atoms with Gasteiger partial charge in [0.05, 0.1) is 19.8 Å². The van der Waals surface area contributed by atoms with Crippen LogP contribution in [-0.4, -0.2) is 70.7 Å². The fourth-order valence-electron chi connectivity index (χ4n) is 11.5. The maximum atomic E-state index is 15.3. The van der Waals surface area contributed by atoms with Gasteiger partial charge in [0, 0.05) is 60.6 Å². The largest absolute Gasteiger partial charge is 0.504 e. The van der Waals surface area contributed by atoms with Gasteiger partial charge < -0.3 is 40.9 Å². The lowest BCUT2D eigenvalue weighted by atomic mass is 9.44. The van der Waals surface area contributed by atoms with Crippen molar-refractivity contribution in [2.45, 2.75) is 107 Å². The topological polar surface area (TPSA) is 152 Å². The number of aliphatic hydroxyl groups is 2. The van der Waals surface area contributed by atoms with Gasteiger partial charge in [-0.05, 0) is 103 Å². The number of nitrogens with one attached hydrogen (secondary N) is 2. The molecule has 10 atom stereocenters.